The maximum absolute atomic E-state index is 12.9. The Morgan fingerprint density at radius 3 is 2.87 bits per heavy atom. The summed E-state index contributed by atoms with van der Waals surface area (Å²) in [6, 6.07) is 8.32. The number of aromatic nitrogens is 3. The van der Waals surface area contributed by atoms with Crippen molar-refractivity contribution in [3.05, 3.63) is 49.1 Å². The first-order valence-electron chi connectivity index (χ1n) is 11.3. The monoisotopic (exact) mass is 420 g/mol. The maximum atomic E-state index is 12.9. The van der Waals surface area contributed by atoms with Crippen molar-refractivity contribution in [2.75, 3.05) is 42.9 Å². The third kappa shape index (κ3) is 5.05. The molecule has 1 aliphatic rings. The fraction of sp³-hybridized carbons (Fsp3) is 0.458. The van der Waals surface area contributed by atoms with E-state index in [9.17, 15) is 4.79 Å². The van der Waals surface area contributed by atoms with E-state index in [2.05, 4.69) is 67.9 Å². The van der Waals surface area contributed by atoms with Gasteiger partial charge in [0.25, 0.3) is 0 Å². The molecule has 1 atom stereocenters. The van der Waals surface area contributed by atoms with Crippen LogP contribution in [0.2, 0.25) is 0 Å². The van der Waals surface area contributed by atoms with Gasteiger partial charge in [-0.25, -0.2) is 4.98 Å². The van der Waals surface area contributed by atoms with Crippen LogP contribution in [0.4, 0.5) is 11.5 Å². The highest BCUT2D eigenvalue weighted by Crippen LogP contribution is 2.24. The van der Waals surface area contributed by atoms with E-state index in [-0.39, 0.29) is 11.8 Å². The number of nitrogens with zero attached hydrogens (tertiary/aromatic N) is 5. The van der Waals surface area contributed by atoms with Crippen LogP contribution in [0.15, 0.2) is 49.1 Å². The Morgan fingerprint density at radius 2 is 2.10 bits per heavy atom. The number of carbonyl (C=O) groups is 1. The van der Waals surface area contributed by atoms with Crippen LogP contribution in [0.25, 0.3) is 10.9 Å². The number of benzene rings is 1. The molecule has 1 unspecified atom stereocenters. The molecule has 1 saturated heterocycles. The quantitative estimate of drug-likeness (QED) is 0.603. The van der Waals surface area contributed by atoms with Gasteiger partial charge in [-0.2, -0.15) is 0 Å². The molecule has 3 aromatic rings. The highest BCUT2D eigenvalue weighted by molar-refractivity contribution is 5.95. The molecule has 0 saturated carbocycles. The molecule has 1 amide bonds. The lowest BCUT2D eigenvalue weighted by Crippen LogP contribution is -2.41. The van der Waals surface area contributed by atoms with Gasteiger partial charge in [0.1, 0.15) is 5.82 Å². The van der Waals surface area contributed by atoms with Gasteiger partial charge in [-0.15, -0.1) is 0 Å². The number of carbonyl (C=O) groups excluding carboxylic acids is 1. The van der Waals surface area contributed by atoms with Crippen LogP contribution in [-0.2, 0) is 11.3 Å². The molecular weight excluding hydrogens is 388 g/mol. The minimum absolute atomic E-state index is 0.0508. The first-order chi connectivity index (χ1) is 15.2. The normalized spacial score (nSPS) is 16.7. The van der Waals surface area contributed by atoms with Gasteiger partial charge in [0.2, 0.25) is 5.91 Å². The van der Waals surface area contributed by atoms with E-state index in [4.69, 9.17) is 0 Å². The first-order valence-corrected chi connectivity index (χ1v) is 11.3. The van der Waals surface area contributed by atoms with Gasteiger partial charge in [-0.3, -0.25) is 9.78 Å². The predicted octanol–water partition coefficient (Wildman–Crippen LogP) is 3.63. The summed E-state index contributed by atoms with van der Waals surface area (Å²) < 4.78 is 2.29. The summed E-state index contributed by atoms with van der Waals surface area (Å²) in [6.45, 7) is 10.1. The Hall–Kier alpha value is -2.93. The van der Waals surface area contributed by atoms with Crippen LogP contribution in [0.5, 0.6) is 0 Å². The minimum atomic E-state index is -0.0508. The highest BCUT2D eigenvalue weighted by atomic mass is 16.1. The molecule has 7 heteroatoms. The van der Waals surface area contributed by atoms with E-state index in [1.807, 2.05) is 6.07 Å². The number of piperidine rings is 1. The van der Waals surface area contributed by atoms with Crippen molar-refractivity contribution in [1.82, 2.24) is 19.4 Å². The van der Waals surface area contributed by atoms with Crippen LogP contribution in [0, 0.1) is 5.92 Å². The van der Waals surface area contributed by atoms with Crippen LogP contribution in [0.3, 0.4) is 0 Å². The fourth-order valence-electron chi connectivity index (χ4n) is 4.36. The summed E-state index contributed by atoms with van der Waals surface area (Å²) in [5.74, 6) is 0.867. The topological polar surface area (TPSA) is 66.3 Å². The number of anilines is 2. The molecule has 4 rings (SSSR count). The molecule has 1 fully saturated rings. The number of fused-ring (bicyclic) bond motifs is 1. The van der Waals surface area contributed by atoms with E-state index in [1.165, 1.54) is 5.52 Å². The number of amides is 1. The lowest BCUT2D eigenvalue weighted by Gasteiger charge is -2.32. The van der Waals surface area contributed by atoms with Gasteiger partial charge >= 0.3 is 0 Å². The van der Waals surface area contributed by atoms with E-state index in [1.54, 1.807) is 18.6 Å². The van der Waals surface area contributed by atoms with Crippen molar-refractivity contribution >= 4 is 28.3 Å². The van der Waals surface area contributed by atoms with Crippen molar-refractivity contribution in [1.29, 1.82) is 0 Å². The highest BCUT2D eigenvalue weighted by Gasteiger charge is 2.26. The molecule has 31 heavy (non-hydrogen) atoms. The summed E-state index contributed by atoms with van der Waals surface area (Å²) in [6.07, 6.45) is 9.14. The largest absolute Gasteiger partial charge is 0.355 e. The smallest absolute Gasteiger partial charge is 0.229 e. The predicted molar refractivity (Wildman–Crippen MR) is 125 cm³/mol. The second kappa shape index (κ2) is 9.92. The zero-order chi connectivity index (χ0) is 21.6. The summed E-state index contributed by atoms with van der Waals surface area (Å²) in [5, 5.41) is 4.29. The third-order valence-corrected chi connectivity index (χ3v) is 6.26. The van der Waals surface area contributed by atoms with Crippen LogP contribution < -0.4 is 10.2 Å². The second-order valence-corrected chi connectivity index (χ2v) is 8.15. The Morgan fingerprint density at radius 1 is 1.23 bits per heavy atom. The molecule has 3 heterocycles. The van der Waals surface area contributed by atoms with Gasteiger partial charge in [-0.1, -0.05) is 13.8 Å². The molecule has 7 nitrogen and oxygen atoms in total. The number of likely N-dealkylation sites (N-methyl/N-ethyl adjacent to an activating group) is 1. The lowest BCUT2D eigenvalue weighted by molar-refractivity contribution is -0.120. The molecule has 2 aromatic heterocycles. The number of hydrogen-bond acceptors (Lipinski definition) is 5. The van der Waals surface area contributed by atoms with Crippen molar-refractivity contribution < 1.29 is 4.79 Å². The molecule has 1 aliphatic heterocycles. The molecule has 164 valence electrons. The standard InChI is InChI=1S/C24H32N6O/c1-3-28(4-2)14-15-29-13-9-19-16-21(7-8-22(19)29)27-24(31)20-6-5-12-30(18-20)23-17-25-10-11-26-23/h7-11,13,16-17,20H,3-6,12,14-15,18H2,1-2H3,(H,27,31). The maximum Gasteiger partial charge on any atom is 0.229 e. The average Bonchev–Trinajstić information content (AvgIpc) is 3.22. The van der Waals surface area contributed by atoms with Gasteiger partial charge in [0.15, 0.2) is 0 Å². The molecule has 0 bridgehead atoms. The fourth-order valence-corrected chi connectivity index (χ4v) is 4.36. The van der Waals surface area contributed by atoms with E-state index in [0.29, 0.717) is 6.54 Å². The van der Waals surface area contributed by atoms with E-state index < -0.39 is 0 Å². The van der Waals surface area contributed by atoms with Gasteiger partial charge in [-0.05, 0) is 50.2 Å². The third-order valence-electron chi connectivity index (χ3n) is 6.26. The van der Waals surface area contributed by atoms with Crippen molar-refractivity contribution in [2.45, 2.75) is 33.2 Å². The number of nitrogens with one attached hydrogen (secondary N) is 1. The molecule has 0 spiro atoms. The van der Waals surface area contributed by atoms with Crippen molar-refractivity contribution in [2.24, 2.45) is 5.92 Å². The van der Waals surface area contributed by atoms with Gasteiger partial charge in [0.05, 0.1) is 12.1 Å². The second-order valence-electron chi connectivity index (χ2n) is 8.15. The summed E-state index contributed by atoms with van der Waals surface area (Å²) in [5.41, 5.74) is 2.06. The minimum Gasteiger partial charge on any atom is -0.355 e. The van der Waals surface area contributed by atoms with E-state index >= 15 is 0 Å². The SMILES string of the molecule is CCN(CC)CCn1ccc2cc(NC(=O)C3CCCN(c4cnccn4)C3)ccc21. The van der Waals surface area contributed by atoms with Crippen LogP contribution in [-0.4, -0.2) is 58.1 Å². The van der Waals surface area contributed by atoms with Crippen LogP contribution >= 0.6 is 0 Å². The molecule has 0 radical (unpaired) electrons. The summed E-state index contributed by atoms with van der Waals surface area (Å²) in [7, 11) is 0. The Kier molecular flexibility index (Phi) is 6.82. The Bertz CT molecular complexity index is 998. The first kappa shape index (κ1) is 21.3. The van der Waals surface area contributed by atoms with Gasteiger partial charge < -0.3 is 19.7 Å². The Balaban J connectivity index is 1.39. The molecular formula is C24H32N6O. The zero-order valence-corrected chi connectivity index (χ0v) is 18.5. The molecule has 0 aliphatic carbocycles. The Labute approximate surface area is 184 Å². The van der Waals surface area contributed by atoms with E-state index in [0.717, 1.165) is 62.5 Å². The van der Waals surface area contributed by atoms with Crippen molar-refractivity contribution in [3.8, 4) is 0 Å². The number of hydrogen-bond donors (Lipinski definition) is 1. The summed E-state index contributed by atoms with van der Waals surface area (Å²) in [4.78, 5) is 26.1. The zero-order valence-electron chi connectivity index (χ0n) is 18.5. The average molecular weight is 421 g/mol. The van der Waals surface area contributed by atoms with Crippen LogP contribution in [0.1, 0.15) is 26.7 Å². The molecule has 1 N–H and O–H groups in total. The summed E-state index contributed by atoms with van der Waals surface area (Å²) >= 11 is 0. The lowest BCUT2D eigenvalue weighted by atomic mass is 9.97. The van der Waals surface area contributed by atoms with Gasteiger partial charge in [0, 0.05) is 61.4 Å². The molecule has 1 aromatic carbocycles. The number of rotatable bonds is 8. The van der Waals surface area contributed by atoms with Crippen molar-refractivity contribution in [3.63, 3.8) is 0 Å².